The number of carboxylic acid groups (broad SMARTS) is 1. The summed E-state index contributed by atoms with van der Waals surface area (Å²) in [5.41, 5.74) is 0.529. The van der Waals surface area contributed by atoms with Crippen LogP contribution in [0.5, 0.6) is 5.75 Å². The van der Waals surface area contributed by atoms with Gasteiger partial charge in [0.15, 0.2) is 0 Å². The smallest absolute Gasteiger partial charge is 0.305 e. The van der Waals surface area contributed by atoms with Crippen molar-refractivity contribution >= 4 is 21.9 Å². The van der Waals surface area contributed by atoms with E-state index in [1.807, 2.05) is 13.1 Å². The molecule has 21 heavy (non-hydrogen) atoms. The van der Waals surface area contributed by atoms with Crippen LogP contribution in [0.3, 0.4) is 0 Å². The van der Waals surface area contributed by atoms with Crippen LogP contribution in [0.1, 0.15) is 44.1 Å². The van der Waals surface area contributed by atoms with Crippen molar-refractivity contribution < 1.29 is 15.0 Å². The van der Waals surface area contributed by atoms with Crippen LogP contribution in [0.25, 0.3) is 0 Å². The van der Waals surface area contributed by atoms with E-state index in [2.05, 4.69) is 20.8 Å². The largest absolute Gasteiger partial charge is 0.508 e. The van der Waals surface area contributed by atoms with Crippen molar-refractivity contribution in [2.24, 2.45) is 0 Å². The third-order valence-corrected chi connectivity index (χ3v) is 5.02. The van der Waals surface area contributed by atoms with Gasteiger partial charge in [-0.25, -0.2) is 0 Å². The molecule has 0 unspecified atom stereocenters. The van der Waals surface area contributed by atoms with Gasteiger partial charge in [-0.3, -0.25) is 9.69 Å². The molecule has 2 N–H and O–H groups in total. The summed E-state index contributed by atoms with van der Waals surface area (Å²) in [4.78, 5) is 13.4. The highest BCUT2D eigenvalue weighted by Gasteiger charge is 2.38. The molecule has 1 aliphatic carbocycles. The number of phenols is 1. The van der Waals surface area contributed by atoms with E-state index in [-0.39, 0.29) is 17.7 Å². The Bertz CT molecular complexity index is 512. The molecule has 1 aromatic carbocycles. The van der Waals surface area contributed by atoms with E-state index in [0.717, 1.165) is 35.7 Å². The van der Waals surface area contributed by atoms with E-state index >= 15 is 0 Å². The summed E-state index contributed by atoms with van der Waals surface area (Å²) < 4.78 is 0.916. The standard InChI is InChI=1S/C16H22BrNO3/c1-18(11-12-9-13(17)5-6-14(12)19)16(10-15(20)21)7-3-2-4-8-16/h5-6,9,19H,2-4,7-8,10-11H2,1H3,(H,20,21). The van der Waals surface area contributed by atoms with E-state index in [0.29, 0.717) is 6.54 Å². The number of benzene rings is 1. The molecule has 1 aromatic rings. The van der Waals surface area contributed by atoms with Gasteiger partial charge in [-0.1, -0.05) is 35.2 Å². The average Bonchev–Trinajstić information content (AvgIpc) is 2.43. The molecular weight excluding hydrogens is 334 g/mol. The topological polar surface area (TPSA) is 60.8 Å². The lowest BCUT2D eigenvalue weighted by Crippen LogP contribution is -2.49. The average molecular weight is 356 g/mol. The van der Waals surface area contributed by atoms with Gasteiger partial charge in [0.05, 0.1) is 6.42 Å². The number of aromatic hydroxyl groups is 1. The maximum absolute atomic E-state index is 11.3. The quantitative estimate of drug-likeness (QED) is 0.843. The highest BCUT2D eigenvalue weighted by atomic mass is 79.9. The minimum Gasteiger partial charge on any atom is -0.508 e. The SMILES string of the molecule is CN(Cc1cc(Br)ccc1O)C1(CC(=O)O)CCCCC1. The molecule has 5 heteroatoms. The number of nitrogens with zero attached hydrogens (tertiary/aromatic N) is 1. The fraction of sp³-hybridized carbons (Fsp3) is 0.562. The maximum atomic E-state index is 11.3. The fourth-order valence-electron chi connectivity index (χ4n) is 3.29. The van der Waals surface area contributed by atoms with Crippen molar-refractivity contribution in [1.29, 1.82) is 0 Å². The van der Waals surface area contributed by atoms with Gasteiger partial charge < -0.3 is 10.2 Å². The first kappa shape index (κ1) is 16.3. The Labute approximate surface area is 133 Å². The lowest BCUT2D eigenvalue weighted by Gasteiger charge is -2.44. The first-order valence-electron chi connectivity index (χ1n) is 7.33. The third-order valence-electron chi connectivity index (χ3n) is 4.52. The Balaban J connectivity index is 2.19. The monoisotopic (exact) mass is 355 g/mol. The fourth-order valence-corrected chi connectivity index (χ4v) is 3.70. The molecule has 0 bridgehead atoms. The molecule has 0 aliphatic heterocycles. The van der Waals surface area contributed by atoms with Crippen LogP contribution in [0.2, 0.25) is 0 Å². The van der Waals surface area contributed by atoms with Gasteiger partial charge in [0, 0.05) is 22.1 Å². The number of phenolic OH excluding ortho intramolecular Hbond substituents is 1. The highest BCUT2D eigenvalue weighted by molar-refractivity contribution is 9.10. The Kier molecular flexibility index (Phi) is 5.27. The molecule has 0 spiro atoms. The summed E-state index contributed by atoms with van der Waals surface area (Å²) >= 11 is 3.41. The molecule has 116 valence electrons. The van der Waals surface area contributed by atoms with E-state index in [1.54, 1.807) is 12.1 Å². The molecule has 2 rings (SSSR count). The minimum atomic E-state index is -0.748. The molecule has 1 aliphatic rings. The van der Waals surface area contributed by atoms with Crippen LogP contribution < -0.4 is 0 Å². The molecule has 0 aromatic heterocycles. The first-order valence-corrected chi connectivity index (χ1v) is 8.13. The zero-order valence-electron chi connectivity index (χ0n) is 12.3. The zero-order valence-corrected chi connectivity index (χ0v) is 13.9. The number of halogens is 1. The van der Waals surface area contributed by atoms with Gasteiger partial charge in [0.25, 0.3) is 0 Å². The number of hydrogen-bond acceptors (Lipinski definition) is 3. The lowest BCUT2D eigenvalue weighted by atomic mass is 9.78. The zero-order chi connectivity index (χ0) is 15.5. The summed E-state index contributed by atoms with van der Waals surface area (Å²) in [6.07, 6.45) is 5.30. The maximum Gasteiger partial charge on any atom is 0.305 e. The number of aliphatic carboxylic acids is 1. The molecule has 1 fully saturated rings. The number of rotatable bonds is 5. The van der Waals surface area contributed by atoms with Gasteiger partial charge in [-0.2, -0.15) is 0 Å². The Hall–Kier alpha value is -1.07. The summed E-state index contributed by atoms with van der Waals surface area (Å²) in [7, 11) is 1.97. The molecular formula is C16H22BrNO3. The summed E-state index contributed by atoms with van der Waals surface area (Å²) in [6, 6.07) is 5.35. The predicted molar refractivity (Wildman–Crippen MR) is 85.3 cm³/mol. The van der Waals surface area contributed by atoms with Crippen LogP contribution in [-0.4, -0.2) is 33.7 Å². The Morgan fingerprint density at radius 1 is 1.33 bits per heavy atom. The minimum absolute atomic E-state index is 0.165. The van der Waals surface area contributed by atoms with Crippen molar-refractivity contribution in [3.05, 3.63) is 28.2 Å². The van der Waals surface area contributed by atoms with E-state index in [4.69, 9.17) is 0 Å². The molecule has 1 saturated carbocycles. The molecule has 0 amide bonds. The predicted octanol–water partition coefficient (Wildman–Crippen LogP) is 3.76. The molecule has 0 heterocycles. The van der Waals surface area contributed by atoms with E-state index < -0.39 is 5.97 Å². The van der Waals surface area contributed by atoms with Crippen LogP contribution in [-0.2, 0) is 11.3 Å². The molecule has 4 nitrogen and oxygen atoms in total. The van der Waals surface area contributed by atoms with Crippen LogP contribution in [0.4, 0.5) is 0 Å². The summed E-state index contributed by atoms with van der Waals surface area (Å²) in [5, 5.41) is 19.2. The normalized spacial score (nSPS) is 17.9. The Morgan fingerprint density at radius 2 is 2.00 bits per heavy atom. The van der Waals surface area contributed by atoms with Crippen molar-refractivity contribution in [3.63, 3.8) is 0 Å². The van der Waals surface area contributed by atoms with Crippen LogP contribution in [0.15, 0.2) is 22.7 Å². The van der Waals surface area contributed by atoms with Crippen molar-refractivity contribution in [1.82, 2.24) is 4.90 Å². The number of carboxylic acids is 1. The van der Waals surface area contributed by atoms with Gasteiger partial charge >= 0.3 is 5.97 Å². The van der Waals surface area contributed by atoms with E-state index in [9.17, 15) is 15.0 Å². The first-order chi connectivity index (χ1) is 9.93. The van der Waals surface area contributed by atoms with Gasteiger partial charge in [-0.05, 0) is 38.1 Å². The van der Waals surface area contributed by atoms with Crippen LogP contribution >= 0.6 is 15.9 Å². The summed E-state index contributed by atoms with van der Waals surface area (Å²) in [6.45, 7) is 0.554. The van der Waals surface area contributed by atoms with Crippen LogP contribution in [0, 0.1) is 0 Å². The van der Waals surface area contributed by atoms with Crippen molar-refractivity contribution in [2.75, 3.05) is 7.05 Å². The van der Waals surface area contributed by atoms with Gasteiger partial charge in [0.1, 0.15) is 5.75 Å². The second-order valence-electron chi connectivity index (χ2n) is 5.98. The highest BCUT2D eigenvalue weighted by Crippen LogP contribution is 2.37. The second kappa shape index (κ2) is 6.79. The number of carbonyl (C=O) groups is 1. The summed E-state index contributed by atoms with van der Waals surface area (Å²) in [5.74, 6) is -0.492. The van der Waals surface area contributed by atoms with Crippen molar-refractivity contribution in [3.8, 4) is 5.75 Å². The number of hydrogen-bond donors (Lipinski definition) is 2. The lowest BCUT2D eigenvalue weighted by molar-refractivity contribution is -0.141. The van der Waals surface area contributed by atoms with E-state index in [1.165, 1.54) is 6.42 Å². The van der Waals surface area contributed by atoms with Gasteiger partial charge in [0.2, 0.25) is 0 Å². The molecule has 0 saturated heterocycles. The molecule has 0 radical (unpaired) electrons. The third kappa shape index (κ3) is 3.98. The van der Waals surface area contributed by atoms with Gasteiger partial charge in [-0.15, -0.1) is 0 Å². The van der Waals surface area contributed by atoms with Crippen molar-refractivity contribution in [2.45, 2.75) is 50.6 Å². The molecule has 0 atom stereocenters. The second-order valence-corrected chi connectivity index (χ2v) is 6.90. The Morgan fingerprint density at radius 3 is 2.62 bits per heavy atom.